The van der Waals surface area contributed by atoms with Crippen LogP contribution in [-0.4, -0.2) is 5.88 Å². The average Bonchev–Trinajstić information content (AvgIpc) is 2.77. The van der Waals surface area contributed by atoms with Gasteiger partial charge in [0, 0.05) is 16.9 Å². The zero-order chi connectivity index (χ0) is 10.3. The summed E-state index contributed by atoms with van der Waals surface area (Å²) in [6.07, 6.45) is 0.772. The lowest BCUT2D eigenvalue weighted by Gasteiger charge is -2.12. The van der Waals surface area contributed by atoms with E-state index in [1.165, 1.54) is 18.2 Å². The summed E-state index contributed by atoms with van der Waals surface area (Å²) in [5, 5.41) is 0. The van der Waals surface area contributed by atoms with Crippen LogP contribution in [0.15, 0.2) is 18.2 Å². The molecule has 2 rings (SSSR count). The van der Waals surface area contributed by atoms with Gasteiger partial charge in [-0.15, -0.1) is 11.6 Å². The number of halogens is 3. The third-order valence-electron chi connectivity index (χ3n) is 3.13. The maximum atomic E-state index is 13.4. The molecule has 0 saturated heterocycles. The van der Waals surface area contributed by atoms with Crippen LogP contribution in [0, 0.1) is 17.6 Å². The molecule has 0 spiro atoms. The van der Waals surface area contributed by atoms with Crippen molar-refractivity contribution in [3.05, 3.63) is 35.4 Å². The van der Waals surface area contributed by atoms with E-state index in [4.69, 9.17) is 11.6 Å². The minimum Gasteiger partial charge on any atom is -0.207 e. The zero-order valence-corrected chi connectivity index (χ0v) is 8.61. The highest BCUT2D eigenvalue weighted by atomic mass is 35.5. The summed E-state index contributed by atoms with van der Waals surface area (Å²) in [5.74, 6) is -0.250. The predicted molar refractivity (Wildman–Crippen MR) is 52.5 cm³/mol. The Morgan fingerprint density at radius 3 is 2.43 bits per heavy atom. The lowest BCUT2D eigenvalue weighted by Crippen LogP contribution is -2.10. The van der Waals surface area contributed by atoms with Crippen LogP contribution >= 0.6 is 11.6 Å². The van der Waals surface area contributed by atoms with Gasteiger partial charge in [-0.3, -0.25) is 0 Å². The summed E-state index contributed by atoms with van der Waals surface area (Å²) < 4.78 is 26.8. The molecule has 14 heavy (non-hydrogen) atoms. The van der Waals surface area contributed by atoms with Crippen LogP contribution in [0.3, 0.4) is 0 Å². The lowest BCUT2D eigenvalue weighted by atomic mass is 9.95. The van der Waals surface area contributed by atoms with E-state index < -0.39 is 17.0 Å². The van der Waals surface area contributed by atoms with E-state index in [0.29, 0.717) is 5.88 Å². The van der Waals surface area contributed by atoms with Crippen LogP contribution in [-0.2, 0) is 5.41 Å². The molecule has 0 aliphatic heterocycles. The summed E-state index contributed by atoms with van der Waals surface area (Å²) in [6.45, 7) is 1.86. The van der Waals surface area contributed by atoms with Gasteiger partial charge in [0.1, 0.15) is 11.6 Å². The highest BCUT2D eigenvalue weighted by Gasteiger charge is 2.53. The van der Waals surface area contributed by atoms with E-state index in [0.717, 1.165) is 6.42 Å². The van der Waals surface area contributed by atoms with Crippen LogP contribution in [0.5, 0.6) is 0 Å². The van der Waals surface area contributed by atoms with Crippen molar-refractivity contribution in [3.63, 3.8) is 0 Å². The SMILES string of the molecule is CC1(c2c(F)cccc2F)CC1CCl. The first kappa shape index (κ1) is 9.91. The minimum absolute atomic E-state index is 0.200. The van der Waals surface area contributed by atoms with E-state index >= 15 is 0 Å². The molecule has 0 amide bonds. The topological polar surface area (TPSA) is 0 Å². The van der Waals surface area contributed by atoms with Gasteiger partial charge in [-0.05, 0) is 24.5 Å². The molecule has 76 valence electrons. The second-order valence-electron chi connectivity index (χ2n) is 4.07. The van der Waals surface area contributed by atoms with Gasteiger partial charge in [0.25, 0.3) is 0 Å². The Hall–Kier alpha value is -0.630. The molecule has 1 aliphatic rings. The van der Waals surface area contributed by atoms with Crippen molar-refractivity contribution in [2.45, 2.75) is 18.8 Å². The number of benzene rings is 1. The van der Waals surface area contributed by atoms with Crippen LogP contribution in [0.1, 0.15) is 18.9 Å². The summed E-state index contributed by atoms with van der Waals surface area (Å²) in [5.41, 5.74) is -0.192. The normalized spacial score (nSPS) is 30.4. The van der Waals surface area contributed by atoms with Crippen molar-refractivity contribution < 1.29 is 8.78 Å². The molecule has 3 heteroatoms. The predicted octanol–water partition coefficient (Wildman–Crippen LogP) is 3.48. The molecule has 0 aromatic heterocycles. The second kappa shape index (κ2) is 3.20. The highest BCUT2D eigenvalue weighted by Crippen LogP contribution is 2.55. The third kappa shape index (κ3) is 1.33. The minimum atomic E-state index is -0.458. The smallest absolute Gasteiger partial charge is 0.129 e. The van der Waals surface area contributed by atoms with E-state index in [2.05, 4.69) is 0 Å². The van der Waals surface area contributed by atoms with Gasteiger partial charge in [0.2, 0.25) is 0 Å². The molecule has 0 bridgehead atoms. The largest absolute Gasteiger partial charge is 0.207 e. The maximum Gasteiger partial charge on any atom is 0.129 e. The molecule has 0 radical (unpaired) electrons. The molecule has 2 atom stereocenters. The first-order valence-electron chi connectivity index (χ1n) is 4.60. The van der Waals surface area contributed by atoms with Gasteiger partial charge in [-0.25, -0.2) is 8.78 Å². The third-order valence-corrected chi connectivity index (χ3v) is 3.50. The van der Waals surface area contributed by atoms with Gasteiger partial charge < -0.3 is 0 Å². The van der Waals surface area contributed by atoms with E-state index in [1.54, 1.807) is 0 Å². The summed E-state index contributed by atoms with van der Waals surface area (Å²) in [7, 11) is 0. The molecule has 0 heterocycles. The second-order valence-corrected chi connectivity index (χ2v) is 4.38. The van der Waals surface area contributed by atoms with E-state index in [-0.39, 0.29) is 11.5 Å². The Morgan fingerprint density at radius 2 is 2.00 bits per heavy atom. The zero-order valence-electron chi connectivity index (χ0n) is 7.86. The Balaban J connectivity index is 2.43. The van der Waals surface area contributed by atoms with Crippen molar-refractivity contribution in [3.8, 4) is 0 Å². The molecule has 0 nitrogen and oxygen atoms in total. The van der Waals surface area contributed by atoms with Crippen molar-refractivity contribution in [2.75, 3.05) is 5.88 Å². The van der Waals surface area contributed by atoms with Crippen LogP contribution in [0.25, 0.3) is 0 Å². The number of alkyl halides is 1. The molecule has 0 N–H and O–H groups in total. The van der Waals surface area contributed by atoms with Crippen LogP contribution in [0.4, 0.5) is 8.78 Å². The molecule has 2 unspecified atom stereocenters. The molecule has 1 fully saturated rings. The lowest BCUT2D eigenvalue weighted by molar-refractivity contribution is 0.517. The Bertz CT molecular complexity index is 344. The Kier molecular flexibility index (Phi) is 2.26. The van der Waals surface area contributed by atoms with Gasteiger partial charge in [0.15, 0.2) is 0 Å². The number of hydrogen-bond donors (Lipinski definition) is 0. The standard InChI is InChI=1S/C11H11ClF2/c1-11(5-7(11)6-12)10-8(13)3-2-4-9(10)14/h2-4,7H,5-6H2,1H3. The van der Waals surface area contributed by atoms with E-state index in [1.807, 2.05) is 6.92 Å². The number of rotatable bonds is 2. The van der Waals surface area contributed by atoms with E-state index in [9.17, 15) is 8.78 Å². The molecular weight excluding hydrogens is 206 g/mol. The quantitative estimate of drug-likeness (QED) is 0.664. The maximum absolute atomic E-state index is 13.4. The highest BCUT2D eigenvalue weighted by molar-refractivity contribution is 6.18. The fraction of sp³-hybridized carbons (Fsp3) is 0.455. The number of hydrogen-bond acceptors (Lipinski definition) is 0. The fourth-order valence-electron chi connectivity index (χ4n) is 2.03. The summed E-state index contributed by atoms with van der Waals surface area (Å²) in [6, 6.07) is 3.98. The van der Waals surface area contributed by atoms with Crippen molar-refractivity contribution >= 4 is 11.6 Å². The Morgan fingerprint density at radius 1 is 1.43 bits per heavy atom. The summed E-state index contributed by atoms with van der Waals surface area (Å²) >= 11 is 5.69. The van der Waals surface area contributed by atoms with Gasteiger partial charge in [-0.2, -0.15) is 0 Å². The molecule has 1 aromatic carbocycles. The molecule has 1 aliphatic carbocycles. The van der Waals surface area contributed by atoms with Gasteiger partial charge in [-0.1, -0.05) is 13.0 Å². The van der Waals surface area contributed by atoms with Crippen molar-refractivity contribution in [1.29, 1.82) is 0 Å². The first-order chi connectivity index (χ1) is 6.59. The van der Waals surface area contributed by atoms with Gasteiger partial charge in [0.05, 0.1) is 0 Å². The summed E-state index contributed by atoms with van der Waals surface area (Å²) in [4.78, 5) is 0. The molecule has 1 aromatic rings. The average molecular weight is 217 g/mol. The fourth-order valence-corrected chi connectivity index (χ4v) is 2.48. The molecule has 1 saturated carbocycles. The van der Waals surface area contributed by atoms with Gasteiger partial charge >= 0.3 is 0 Å². The Labute approximate surface area is 86.9 Å². The van der Waals surface area contributed by atoms with Crippen LogP contribution < -0.4 is 0 Å². The first-order valence-corrected chi connectivity index (χ1v) is 5.13. The van der Waals surface area contributed by atoms with Crippen molar-refractivity contribution in [1.82, 2.24) is 0 Å². The monoisotopic (exact) mass is 216 g/mol. The molecular formula is C11H11ClF2. The van der Waals surface area contributed by atoms with Crippen LogP contribution in [0.2, 0.25) is 0 Å². The van der Waals surface area contributed by atoms with Crippen molar-refractivity contribution in [2.24, 2.45) is 5.92 Å².